The summed E-state index contributed by atoms with van der Waals surface area (Å²) in [4.78, 5) is 34.5. The number of hydrogen-bond donors (Lipinski definition) is 1. The molecule has 0 aliphatic carbocycles. The van der Waals surface area contributed by atoms with Crippen molar-refractivity contribution in [2.75, 3.05) is 6.61 Å². The lowest BCUT2D eigenvalue weighted by molar-refractivity contribution is -0.297. The smallest absolute Gasteiger partial charge is 0.303 e. The van der Waals surface area contributed by atoms with Crippen LogP contribution in [0.5, 0.6) is 0 Å². The fourth-order valence-electron chi connectivity index (χ4n) is 2.87. The summed E-state index contributed by atoms with van der Waals surface area (Å²) in [5.41, 5.74) is 0.914. The Labute approximate surface area is 162 Å². The number of aliphatic hydroxyl groups excluding tert-OH is 1. The number of aliphatic hydroxyl groups is 1. The third-order valence-corrected chi connectivity index (χ3v) is 3.91. The molecular formula is C19H24O9. The summed E-state index contributed by atoms with van der Waals surface area (Å²) in [6.07, 6.45) is -6.27. The van der Waals surface area contributed by atoms with Crippen LogP contribution in [0.4, 0.5) is 0 Å². The van der Waals surface area contributed by atoms with Crippen molar-refractivity contribution in [3.8, 4) is 0 Å². The first-order valence-electron chi connectivity index (χ1n) is 8.74. The van der Waals surface area contributed by atoms with Crippen LogP contribution in [-0.4, -0.2) is 60.3 Å². The third kappa shape index (κ3) is 6.29. The number of hydrogen-bond acceptors (Lipinski definition) is 9. The van der Waals surface area contributed by atoms with Gasteiger partial charge < -0.3 is 28.8 Å². The molecule has 28 heavy (non-hydrogen) atoms. The Hall–Kier alpha value is -2.49. The zero-order valence-corrected chi connectivity index (χ0v) is 15.9. The van der Waals surface area contributed by atoms with Crippen molar-refractivity contribution in [1.29, 1.82) is 0 Å². The van der Waals surface area contributed by atoms with Crippen molar-refractivity contribution in [3.63, 3.8) is 0 Å². The van der Waals surface area contributed by atoms with Gasteiger partial charge in [-0.2, -0.15) is 0 Å². The summed E-state index contributed by atoms with van der Waals surface area (Å²) >= 11 is 0. The van der Waals surface area contributed by atoms with Gasteiger partial charge in [-0.25, -0.2) is 0 Å². The summed E-state index contributed by atoms with van der Waals surface area (Å²) in [6, 6.07) is 9.35. The van der Waals surface area contributed by atoms with Gasteiger partial charge in [0.05, 0.1) is 13.2 Å². The molecule has 1 N–H and O–H groups in total. The Morgan fingerprint density at radius 3 is 2.00 bits per heavy atom. The van der Waals surface area contributed by atoms with E-state index >= 15 is 0 Å². The molecule has 1 fully saturated rings. The Kier molecular flexibility index (Phi) is 7.91. The van der Waals surface area contributed by atoms with Crippen molar-refractivity contribution in [2.45, 2.75) is 58.1 Å². The number of ether oxygens (including phenoxy) is 5. The standard InChI is InChI=1S/C19H24O9/c1-11(20)25-16-15(10-24-9-14-7-5-4-6-8-14)28-19(23)18(27-13(3)22)17(16)26-12(2)21/h4-8,15-19,23H,9-10H2,1-3H3/t15?,16-,17-,18+,19?/m1/s1. The average Bonchev–Trinajstić information content (AvgIpc) is 2.61. The second-order valence-corrected chi connectivity index (χ2v) is 6.29. The van der Waals surface area contributed by atoms with Gasteiger partial charge in [-0.3, -0.25) is 14.4 Å². The number of esters is 3. The minimum Gasteiger partial charge on any atom is -0.456 e. The van der Waals surface area contributed by atoms with E-state index in [-0.39, 0.29) is 13.2 Å². The van der Waals surface area contributed by atoms with E-state index in [1.54, 1.807) is 0 Å². The normalized spacial score (nSPS) is 26.9. The minimum atomic E-state index is -1.59. The molecule has 9 nitrogen and oxygen atoms in total. The highest BCUT2D eigenvalue weighted by Gasteiger charge is 2.51. The Morgan fingerprint density at radius 1 is 0.893 bits per heavy atom. The van der Waals surface area contributed by atoms with Gasteiger partial charge in [-0.05, 0) is 5.56 Å². The zero-order valence-electron chi connectivity index (χ0n) is 15.9. The van der Waals surface area contributed by atoms with Gasteiger partial charge >= 0.3 is 17.9 Å². The first kappa shape index (κ1) is 21.8. The highest BCUT2D eigenvalue weighted by Crippen LogP contribution is 2.28. The van der Waals surface area contributed by atoms with E-state index in [1.807, 2.05) is 30.3 Å². The molecule has 0 saturated carbocycles. The molecule has 1 aromatic carbocycles. The number of benzene rings is 1. The number of carbonyl (C=O) groups excluding carboxylic acids is 3. The van der Waals surface area contributed by atoms with Crippen molar-refractivity contribution >= 4 is 17.9 Å². The molecule has 1 aliphatic rings. The first-order chi connectivity index (χ1) is 13.3. The summed E-state index contributed by atoms with van der Waals surface area (Å²) in [5.74, 6) is -2.07. The van der Waals surface area contributed by atoms with E-state index in [0.717, 1.165) is 19.4 Å². The average molecular weight is 396 g/mol. The van der Waals surface area contributed by atoms with Crippen molar-refractivity contribution in [3.05, 3.63) is 35.9 Å². The van der Waals surface area contributed by atoms with Gasteiger partial charge in [-0.1, -0.05) is 30.3 Å². The molecule has 1 saturated heterocycles. The van der Waals surface area contributed by atoms with Gasteiger partial charge in [-0.15, -0.1) is 0 Å². The van der Waals surface area contributed by atoms with Crippen LogP contribution in [-0.2, 0) is 44.7 Å². The number of carbonyl (C=O) groups is 3. The minimum absolute atomic E-state index is 0.0611. The molecule has 0 radical (unpaired) electrons. The third-order valence-electron chi connectivity index (χ3n) is 3.91. The van der Waals surface area contributed by atoms with Gasteiger partial charge in [0.2, 0.25) is 0 Å². The van der Waals surface area contributed by atoms with Crippen molar-refractivity contribution < 1.29 is 43.2 Å². The maximum atomic E-state index is 11.6. The fraction of sp³-hybridized carbons (Fsp3) is 0.526. The Balaban J connectivity index is 2.16. The van der Waals surface area contributed by atoms with Crippen molar-refractivity contribution in [2.24, 2.45) is 0 Å². The Morgan fingerprint density at radius 2 is 1.43 bits per heavy atom. The molecular weight excluding hydrogens is 372 g/mol. The van der Waals surface area contributed by atoms with Crippen LogP contribution in [0.25, 0.3) is 0 Å². The predicted octanol–water partition coefficient (Wildman–Crippen LogP) is 0.715. The van der Waals surface area contributed by atoms with Crippen LogP contribution < -0.4 is 0 Å². The Bertz CT molecular complexity index is 675. The quantitative estimate of drug-likeness (QED) is 0.525. The number of rotatable bonds is 7. The topological polar surface area (TPSA) is 118 Å². The summed E-state index contributed by atoms with van der Waals surface area (Å²) in [5, 5.41) is 10.3. The van der Waals surface area contributed by atoms with Crippen LogP contribution in [0.2, 0.25) is 0 Å². The second-order valence-electron chi connectivity index (χ2n) is 6.29. The van der Waals surface area contributed by atoms with Crippen LogP contribution in [0, 0.1) is 0 Å². The lowest BCUT2D eigenvalue weighted by Crippen LogP contribution is -2.62. The lowest BCUT2D eigenvalue weighted by Gasteiger charge is -2.42. The van der Waals surface area contributed by atoms with Crippen LogP contribution in [0.15, 0.2) is 30.3 Å². The molecule has 1 aromatic rings. The highest BCUT2D eigenvalue weighted by atomic mass is 16.7. The summed E-state index contributed by atoms with van der Waals surface area (Å²) in [6.45, 7) is 3.66. The summed E-state index contributed by atoms with van der Waals surface area (Å²) < 4.78 is 26.5. The molecule has 2 unspecified atom stereocenters. The highest BCUT2D eigenvalue weighted by molar-refractivity contribution is 5.68. The van der Waals surface area contributed by atoms with Crippen LogP contribution >= 0.6 is 0 Å². The zero-order chi connectivity index (χ0) is 20.7. The maximum Gasteiger partial charge on any atom is 0.303 e. The molecule has 1 heterocycles. The van der Waals surface area contributed by atoms with Gasteiger partial charge in [0.15, 0.2) is 24.6 Å². The van der Waals surface area contributed by atoms with Crippen molar-refractivity contribution in [1.82, 2.24) is 0 Å². The molecule has 9 heteroatoms. The first-order valence-corrected chi connectivity index (χ1v) is 8.74. The molecule has 2 rings (SSSR count). The monoisotopic (exact) mass is 396 g/mol. The van der Waals surface area contributed by atoms with Crippen LogP contribution in [0.1, 0.15) is 26.3 Å². The predicted molar refractivity (Wildman–Crippen MR) is 93.6 cm³/mol. The van der Waals surface area contributed by atoms with E-state index in [1.165, 1.54) is 6.92 Å². The molecule has 5 atom stereocenters. The SMILES string of the molecule is CC(=O)O[C@H]1[C@H](OC(C)=O)C(O)OC(COCc2ccccc2)[C@H]1OC(C)=O. The fourth-order valence-corrected chi connectivity index (χ4v) is 2.87. The van der Waals surface area contributed by atoms with E-state index in [9.17, 15) is 19.5 Å². The summed E-state index contributed by atoms with van der Waals surface area (Å²) in [7, 11) is 0. The van der Waals surface area contributed by atoms with E-state index in [0.29, 0.717) is 0 Å². The van der Waals surface area contributed by atoms with Gasteiger partial charge in [0.25, 0.3) is 0 Å². The van der Waals surface area contributed by atoms with Crippen LogP contribution in [0.3, 0.4) is 0 Å². The molecule has 1 aliphatic heterocycles. The lowest BCUT2D eigenvalue weighted by atomic mass is 9.98. The molecule has 154 valence electrons. The van der Waals surface area contributed by atoms with E-state index < -0.39 is 48.6 Å². The van der Waals surface area contributed by atoms with E-state index in [4.69, 9.17) is 23.7 Å². The second kappa shape index (κ2) is 10.2. The molecule has 0 aromatic heterocycles. The molecule has 0 amide bonds. The largest absolute Gasteiger partial charge is 0.456 e. The van der Waals surface area contributed by atoms with E-state index in [2.05, 4.69) is 0 Å². The molecule has 0 bridgehead atoms. The van der Waals surface area contributed by atoms with Gasteiger partial charge in [0.1, 0.15) is 6.10 Å². The molecule has 0 spiro atoms. The maximum absolute atomic E-state index is 11.6. The van der Waals surface area contributed by atoms with Gasteiger partial charge in [0, 0.05) is 20.8 Å².